The van der Waals surface area contributed by atoms with Gasteiger partial charge in [-0.15, -0.1) is 0 Å². The summed E-state index contributed by atoms with van der Waals surface area (Å²) in [5.41, 5.74) is 1.11. The molecule has 0 aromatic carbocycles. The van der Waals surface area contributed by atoms with Gasteiger partial charge in [0.1, 0.15) is 0 Å². The van der Waals surface area contributed by atoms with Gasteiger partial charge in [0, 0.05) is 22.7 Å². The van der Waals surface area contributed by atoms with Gasteiger partial charge in [-0.25, -0.2) is 4.98 Å². The number of hydrogen-bond donors (Lipinski definition) is 1. The van der Waals surface area contributed by atoms with Gasteiger partial charge < -0.3 is 10.1 Å². The van der Waals surface area contributed by atoms with Gasteiger partial charge in [-0.2, -0.15) is 0 Å². The van der Waals surface area contributed by atoms with Crippen molar-refractivity contribution >= 4 is 22.6 Å². The second-order valence-electron chi connectivity index (χ2n) is 2.89. The van der Waals surface area contributed by atoms with Crippen molar-refractivity contribution in [3.05, 3.63) is 23.9 Å². The number of alkyl halides is 1. The highest BCUT2D eigenvalue weighted by molar-refractivity contribution is 14.1. The minimum absolute atomic E-state index is 0.717. The van der Waals surface area contributed by atoms with Gasteiger partial charge in [-0.3, -0.25) is 0 Å². The largest absolute Gasteiger partial charge is 0.481 e. The monoisotopic (exact) mass is 306 g/mol. The highest BCUT2D eigenvalue weighted by Gasteiger charge is 2.01. The van der Waals surface area contributed by atoms with Crippen LogP contribution in [0.3, 0.4) is 0 Å². The van der Waals surface area contributed by atoms with Crippen LogP contribution in [0.15, 0.2) is 18.3 Å². The molecule has 1 aromatic rings. The molecule has 0 radical (unpaired) electrons. The molecule has 0 unspecified atom stereocenters. The van der Waals surface area contributed by atoms with Crippen LogP contribution in [0, 0.1) is 0 Å². The predicted octanol–water partition coefficient (Wildman–Crippen LogP) is 2.00. The molecule has 0 bridgehead atoms. The summed E-state index contributed by atoms with van der Waals surface area (Å²) < 4.78 is 6.34. The van der Waals surface area contributed by atoms with E-state index in [1.54, 1.807) is 13.3 Å². The van der Waals surface area contributed by atoms with E-state index in [4.69, 9.17) is 4.74 Å². The highest BCUT2D eigenvalue weighted by atomic mass is 127. The highest BCUT2D eigenvalue weighted by Crippen LogP contribution is 2.12. The minimum atomic E-state index is 0.717. The number of methoxy groups -OCH3 is 1. The van der Waals surface area contributed by atoms with Crippen LogP contribution in [0.4, 0.5) is 0 Å². The van der Waals surface area contributed by atoms with Gasteiger partial charge in [0.15, 0.2) is 0 Å². The van der Waals surface area contributed by atoms with Crippen LogP contribution in [0.1, 0.15) is 12.0 Å². The number of ether oxygens (including phenoxy) is 1. The summed E-state index contributed by atoms with van der Waals surface area (Å²) in [7, 11) is 1.65. The average molecular weight is 306 g/mol. The number of nitrogens with zero attached hydrogens (tertiary/aromatic N) is 1. The Labute approximate surface area is 98.4 Å². The van der Waals surface area contributed by atoms with Crippen LogP contribution < -0.4 is 10.1 Å². The van der Waals surface area contributed by atoms with Gasteiger partial charge in [-0.05, 0) is 19.0 Å². The third-order valence-corrected chi connectivity index (χ3v) is 2.61. The molecular formula is C10H15IN2O. The zero-order chi connectivity index (χ0) is 10.2. The molecule has 1 heterocycles. The van der Waals surface area contributed by atoms with Crippen molar-refractivity contribution in [2.24, 2.45) is 0 Å². The van der Waals surface area contributed by atoms with Crippen LogP contribution >= 0.6 is 22.6 Å². The molecule has 1 aromatic heterocycles. The van der Waals surface area contributed by atoms with E-state index in [-0.39, 0.29) is 0 Å². The third-order valence-electron chi connectivity index (χ3n) is 1.85. The molecule has 0 fully saturated rings. The first-order valence-corrected chi connectivity index (χ1v) is 6.15. The van der Waals surface area contributed by atoms with Crippen LogP contribution in [-0.4, -0.2) is 23.1 Å². The lowest BCUT2D eigenvalue weighted by Gasteiger charge is -2.07. The molecule has 0 aliphatic carbocycles. The van der Waals surface area contributed by atoms with Crippen molar-refractivity contribution < 1.29 is 4.74 Å². The molecule has 3 nitrogen and oxygen atoms in total. The molecule has 0 aliphatic heterocycles. The lowest BCUT2D eigenvalue weighted by molar-refractivity contribution is 0.390. The van der Waals surface area contributed by atoms with E-state index in [9.17, 15) is 0 Å². The van der Waals surface area contributed by atoms with Gasteiger partial charge in [0.05, 0.1) is 7.11 Å². The molecule has 1 N–H and O–H groups in total. The lowest BCUT2D eigenvalue weighted by Crippen LogP contribution is -2.15. The summed E-state index contributed by atoms with van der Waals surface area (Å²) in [5, 5.41) is 3.35. The maximum absolute atomic E-state index is 5.15. The smallest absolute Gasteiger partial charge is 0.217 e. The van der Waals surface area contributed by atoms with Crippen LogP contribution in [0.25, 0.3) is 0 Å². The summed E-state index contributed by atoms with van der Waals surface area (Å²) in [6.45, 7) is 1.87. The molecule has 0 aliphatic rings. The zero-order valence-corrected chi connectivity index (χ0v) is 10.5. The Hall–Kier alpha value is -0.360. The number of nitrogens with one attached hydrogen (secondary N) is 1. The fourth-order valence-corrected chi connectivity index (χ4v) is 1.54. The number of pyridine rings is 1. The van der Waals surface area contributed by atoms with Crippen molar-refractivity contribution in [3.8, 4) is 5.88 Å². The van der Waals surface area contributed by atoms with Crippen molar-refractivity contribution in [1.29, 1.82) is 0 Å². The first-order chi connectivity index (χ1) is 6.88. The summed E-state index contributed by atoms with van der Waals surface area (Å²) in [6.07, 6.45) is 2.94. The average Bonchev–Trinajstić information content (AvgIpc) is 2.25. The molecule has 0 atom stereocenters. The Balaban J connectivity index is 2.41. The summed E-state index contributed by atoms with van der Waals surface area (Å²) in [4.78, 5) is 4.13. The molecule has 0 saturated heterocycles. The topological polar surface area (TPSA) is 34.1 Å². The predicted molar refractivity (Wildman–Crippen MR) is 66.0 cm³/mol. The van der Waals surface area contributed by atoms with E-state index in [2.05, 4.69) is 32.9 Å². The molecule has 78 valence electrons. The summed E-state index contributed by atoms with van der Waals surface area (Å²) in [5.74, 6) is 0.717. The van der Waals surface area contributed by atoms with Crippen molar-refractivity contribution in [2.75, 3.05) is 18.1 Å². The Morgan fingerprint density at radius 1 is 1.57 bits per heavy atom. The Kier molecular flexibility index (Phi) is 5.86. The fourth-order valence-electron chi connectivity index (χ4n) is 1.16. The van der Waals surface area contributed by atoms with Crippen molar-refractivity contribution in [2.45, 2.75) is 13.0 Å². The number of rotatable bonds is 6. The van der Waals surface area contributed by atoms with Crippen molar-refractivity contribution in [3.63, 3.8) is 0 Å². The fraction of sp³-hybridized carbons (Fsp3) is 0.500. The standard InChI is InChI=1S/C10H15IN2O/c1-14-10-9(4-2-7-13-10)8-12-6-3-5-11/h2,4,7,12H,3,5-6,8H2,1H3. The Morgan fingerprint density at radius 3 is 3.14 bits per heavy atom. The molecule has 0 amide bonds. The quantitative estimate of drug-likeness (QED) is 0.496. The van der Waals surface area contributed by atoms with Crippen molar-refractivity contribution in [1.82, 2.24) is 10.3 Å². The second kappa shape index (κ2) is 7.00. The number of aromatic nitrogens is 1. The van der Waals surface area contributed by atoms with E-state index in [0.29, 0.717) is 0 Å². The maximum Gasteiger partial charge on any atom is 0.217 e. The Morgan fingerprint density at radius 2 is 2.43 bits per heavy atom. The molecule has 4 heteroatoms. The maximum atomic E-state index is 5.15. The first kappa shape index (κ1) is 11.7. The van der Waals surface area contributed by atoms with E-state index < -0.39 is 0 Å². The molecule has 0 spiro atoms. The minimum Gasteiger partial charge on any atom is -0.481 e. The van der Waals surface area contributed by atoms with E-state index in [1.807, 2.05) is 12.1 Å². The molecular weight excluding hydrogens is 291 g/mol. The van der Waals surface area contributed by atoms with Crippen LogP contribution in [0.2, 0.25) is 0 Å². The number of hydrogen-bond acceptors (Lipinski definition) is 3. The second-order valence-corrected chi connectivity index (χ2v) is 3.97. The Bertz CT molecular complexity index is 268. The first-order valence-electron chi connectivity index (χ1n) is 4.63. The summed E-state index contributed by atoms with van der Waals surface area (Å²) >= 11 is 2.38. The van der Waals surface area contributed by atoms with Crippen LogP contribution in [-0.2, 0) is 6.54 Å². The lowest BCUT2D eigenvalue weighted by atomic mass is 10.2. The zero-order valence-electron chi connectivity index (χ0n) is 8.29. The molecule has 1 rings (SSSR count). The third kappa shape index (κ3) is 3.79. The van der Waals surface area contributed by atoms with Crippen LogP contribution in [0.5, 0.6) is 5.88 Å². The van der Waals surface area contributed by atoms with Gasteiger partial charge in [0.2, 0.25) is 5.88 Å². The summed E-state index contributed by atoms with van der Waals surface area (Å²) in [6, 6.07) is 3.96. The van der Waals surface area contributed by atoms with Gasteiger partial charge in [-0.1, -0.05) is 28.7 Å². The van der Waals surface area contributed by atoms with Gasteiger partial charge in [0.25, 0.3) is 0 Å². The normalized spacial score (nSPS) is 10.1. The van der Waals surface area contributed by atoms with E-state index in [0.717, 1.165) is 24.5 Å². The van der Waals surface area contributed by atoms with E-state index in [1.165, 1.54) is 10.8 Å². The SMILES string of the molecule is COc1ncccc1CNCCCI. The number of halogens is 1. The van der Waals surface area contributed by atoms with E-state index >= 15 is 0 Å². The molecule has 0 saturated carbocycles. The molecule has 14 heavy (non-hydrogen) atoms. The van der Waals surface area contributed by atoms with Gasteiger partial charge >= 0.3 is 0 Å².